The van der Waals surface area contributed by atoms with E-state index in [1.165, 1.54) is 37.9 Å². The van der Waals surface area contributed by atoms with E-state index in [1.807, 2.05) is 0 Å². The third-order valence-corrected chi connectivity index (χ3v) is 5.69. The normalized spacial score (nSPS) is 18.3. The number of thioether (sulfide) groups is 1. The Morgan fingerprint density at radius 3 is 2.76 bits per heavy atom. The van der Waals surface area contributed by atoms with Gasteiger partial charge in [0.25, 0.3) is 0 Å². The summed E-state index contributed by atoms with van der Waals surface area (Å²) in [6.07, 6.45) is 9.76. The van der Waals surface area contributed by atoms with Gasteiger partial charge in [-0.2, -0.15) is 16.9 Å². The van der Waals surface area contributed by atoms with Crippen LogP contribution in [0.4, 0.5) is 0 Å². The SMILES string of the molecule is CNC(CSC1CCCCC1)Cc1ncnn1CC(C)C. The van der Waals surface area contributed by atoms with E-state index >= 15 is 0 Å². The summed E-state index contributed by atoms with van der Waals surface area (Å²) in [7, 11) is 2.06. The van der Waals surface area contributed by atoms with E-state index in [2.05, 4.69) is 52.7 Å². The molecule has 2 rings (SSSR count). The Morgan fingerprint density at radius 1 is 1.33 bits per heavy atom. The van der Waals surface area contributed by atoms with Gasteiger partial charge in [-0.15, -0.1) is 0 Å². The van der Waals surface area contributed by atoms with Crippen LogP contribution < -0.4 is 5.32 Å². The van der Waals surface area contributed by atoms with Crippen LogP contribution in [-0.2, 0) is 13.0 Å². The molecule has 0 radical (unpaired) electrons. The first-order valence-corrected chi connectivity index (χ1v) is 9.39. The van der Waals surface area contributed by atoms with E-state index < -0.39 is 0 Å². The molecule has 5 heteroatoms. The van der Waals surface area contributed by atoms with Crippen LogP contribution in [-0.4, -0.2) is 38.9 Å². The predicted octanol–water partition coefficient (Wildman–Crippen LogP) is 3.13. The molecule has 1 aliphatic carbocycles. The largest absolute Gasteiger partial charge is 0.316 e. The molecular formula is C16H30N4S. The lowest BCUT2D eigenvalue weighted by Gasteiger charge is -2.24. The Hall–Kier alpha value is -0.550. The second-order valence-corrected chi connectivity index (χ2v) is 7.87. The molecule has 4 nitrogen and oxygen atoms in total. The van der Waals surface area contributed by atoms with Crippen molar-refractivity contribution in [1.29, 1.82) is 0 Å². The van der Waals surface area contributed by atoms with Gasteiger partial charge in [0.15, 0.2) is 0 Å². The van der Waals surface area contributed by atoms with Crippen molar-refractivity contribution in [3.63, 3.8) is 0 Å². The number of hydrogen-bond acceptors (Lipinski definition) is 4. The zero-order valence-electron chi connectivity index (χ0n) is 13.7. The van der Waals surface area contributed by atoms with Crippen LogP contribution in [0.3, 0.4) is 0 Å². The monoisotopic (exact) mass is 310 g/mol. The van der Waals surface area contributed by atoms with Crippen LogP contribution in [0.2, 0.25) is 0 Å². The topological polar surface area (TPSA) is 42.7 Å². The summed E-state index contributed by atoms with van der Waals surface area (Å²) in [5.41, 5.74) is 0. The van der Waals surface area contributed by atoms with Gasteiger partial charge in [-0.25, -0.2) is 9.67 Å². The summed E-state index contributed by atoms with van der Waals surface area (Å²) in [6, 6.07) is 0.493. The maximum atomic E-state index is 4.45. The van der Waals surface area contributed by atoms with E-state index in [4.69, 9.17) is 0 Å². The Labute approximate surface area is 133 Å². The van der Waals surface area contributed by atoms with Gasteiger partial charge in [-0.3, -0.25) is 0 Å². The Balaban J connectivity index is 1.82. The second-order valence-electron chi connectivity index (χ2n) is 6.54. The summed E-state index contributed by atoms with van der Waals surface area (Å²) in [5, 5.41) is 8.70. The van der Waals surface area contributed by atoms with Crippen LogP contribution in [0.1, 0.15) is 51.8 Å². The summed E-state index contributed by atoms with van der Waals surface area (Å²) < 4.78 is 2.07. The van der Waals surface area contributed by atoms with Crippen LogP contribution in [0.25, 0.3) is 0 Å². The molecule has 1 saturated carbocycles. The zero-order chi connectivity index (χ0) is 15.1. The number of aromatic nitrogens is 3. The van der Waals surface area contributed by atoms with Crippen LogP contribution in [0, 0.1) is 5.92 Å². The molecule has 0 saturated heterocycles. The fraction of sp³-hybridized carbons (Fsp3) is 0.875. The van der Waals surface area contributed by atoms with E-state index in [0.29, 0.717) is 12.0 Å². The minimum atomic E-state index is 0.493. The molecule has 0 aliphatic heterocycles. The van der Waals surface area contributed by atoms with Crippen molar-refractivity contribution in [2.75, 3.05) is 12.8 Å². The standard InChI is InChI=1S/C16H30N4S/c1-13(2)10-20-16(18-12-19-20)9-14(17-3)11-21-15-7-5-4-6-8-15/h12-15,17H,4-11H2,1-3H3. The molecule has 1 unspecified atom stereocenters. The highest BCUT2D eigenvalue weighted by atomic mass is 32.2. The molecule has 21 heavy (non-hydrogen) atoms. The first kappa shape index (κ1) is 16.8. The van der Waals surface area contributed by atoms with Crippen molar-refractivity contribution in [3.8, 4) is 0 Å². The van der Waals surface area contributed by atoms with Gasteiger partial charge in [0.2, 0.25) is 0 Å². The Bertz CT molecular complexity index is 399. The molecule has 1 aliphatic rings. The number of nitrogens with one attached hydrogen (secondary N) is 1. The molecule has 1 atom stereocenters. The summed E-state index contributed by atoms with van der Waals surface area (Å²) >= 11 is 2.15. The highest BCUT2D eigenvalue weighted by Crippen LogP contribution is 2.28. The van der Waals surface area contributed by atoms with Crippen LogP contribution in [0.15, 0.2) is 6.33 Å². The molecule has 0 bridgehead atoms. The lowest BCUT2D eigenvalue weighted by Crippen LogP contribution is -2.32. The summed E-state index contributed by atoms with van der Waals surface area (Å²) in [6.45, 7) is 5.40. The Morgan fingerprint density at radius 2 is 2.10 bits per heavy atom. The van der Waals surface area contributed by atoms with Crippen LogP contribution in [0.5, 0.6) is 0 Å². The number of likely N-dealkylation sites (N-methyl/N-ethyl adjacent to an activating group) is 1. The van der Waals surface area contributed by atoms with Crippen molar-refractivity contribution in [3.05, 3.63) is 12.2 Å². The molecular weight excluding hydrogens is 280 g/mol. The molecule has 1 fully saturated rings. The molecule has 0 spiro atoms. The smallest absolute Gasteiger partial charge is 0.138 e. The maximum absolute atomic E-state index is 4.45. The van der Waals surface area contributed by atoms with Gasteiger partial charge < -0.3 is 5.32 Å². The molecule has 0 amide bonds. The summed E-state index contributed by atoms with van der Waals surface area (Å²) in [4.78, 5) is 4.45. The van der Waals surface area contributed by atoms with Gasteiger partial charge in [0.1, 0.15) is 12.2 Å². The fourth-order valence-electron chi connectivity index (χ4n) is 2.89. The predicted molar refractivity (Wildman–Crippen MR) is 90.7 cm³/mol. The van der Waals surface area contributed by atoms with Crippen molar-refractivity contribution in [2.45, 2.75) is 70.2 Å². The van der Waals surface area contributed by atoms with E-state index in [-0.39, 0.29) is 0 Å². The van der Waals surface area contributed by atoms with Crippen molar-refractivity contribution in [1.82, 2.24) is 20.1 Å². The molecule has 1 N–H and O–H groups in total. The van der Waals surface area contributed by atoms with Crippen molar-refractivity contribution in [2.24, 2.45) is 5.92 Å². The van der Waals surface area contributed by atoms with Crippen LogP contribution >= 0.6 is 11.8 Å². The van der Waals surface area contributed by atoms with Gasteiger partial charge in [-0.05, 0) is 25.8 Å². The first-order chi connectivity index (χ1) is 10.2. The Kier molecular flexibility index (Phi) is 7.04. The minimum absolute atomic E-state index is 0.493. The lowest BCUT2D eigenvalue weighted by molar-refractivity contribution is 0.454. The third-order valence-electron chi connectivity index (χ3n) is 4.16. The average molecular weight is 311 g/mol. The van der Waals surface area contributed by atoms with Gasteiger partial charge in [0.05, 0.1) is 0 Å². The van der Waals surface area contributed by atoms with Gasteiger partial charge in [-0.1, -0.05) is 33.1 Å². The first-order valence-electron chi connectivity index (χ1n) is 8.34. The lowest BCUT2D eigenvalue weighted by atomic mass is 10.0. The zero-order valence-corrected chi connectivity index (χ0v) is 14.5. The average Bonchev–Trinajstić information content (AvgIpc) is 2.90. The number of nitrogens with zero attached hydrogens (tertiary/aromatic N) is 3. The molecule has 120 valence electrons. The highest BCUT2D eigenvalue weighted by molar-refractivity contribution is 7.99. The molecule has 1 aromatic rings. The quantitative estimate of drug-likeness (QED) is 0.801. The van der Waals surface area contributed by atoms with E-state index in [9.17, 15) is 0 Å². The molecule has 1 heterocycles. The van der Waals surface area contributed by atoms with Gasteiger partial charge in [0, 0.05) is 30.0 Å². The fourth-order valence-corrected chi connectivity index (χ4v) is 4.35. The highest BCUT2D eigenvalue weighted by Gasteiger charge is 2.18. The minimum Gasteiger partial charge on any atom is -0.316 e. The number of hydrogen-bond donors (Lipinski definition) is 1. The van der Waals surface area contributed by atoms with Crippen molar-refractivity contribution >= 4 is 11.8 Å². The third kappa shape index (κ3) is 5.62. The van der Waals surface area contributed by atoms with Gasteiger partial charge >= 0.3 is 0 Å². The molecule has 0 aromatic carbocycles. The second kappa shape index (κ2) is 8.79. The van der Waals surface area contributed by atoms with E-state index in [0.717, 1.165) is 24.0 Å². The van der Waals surface area contributed by atoms with E-state index in [1.54, 1.807) is 6.33 Å². The molecule has 1 aromatic heterocycles. The number of rotatable bonds is 8. The summed E-state index contributed by atoms with van der Waals surface area (Å²) in [5.74, 6) is 2.90. The van der Waals surface area contributed by atoms with Crippen molar-refractivity contribution < 1.29 is 0 Å². The maximum Gasteiger partial charge on any atom is 0.138 e.